The Labute approximate surface area is 148 Å². The molecule has 3 N–H and O–H groups in total. The van der Waals surface area contributed by atoms with Gasteiger partial charge in [0.05, 0.1) is 12.7 Å². The molecule has 0 aliphatic carbocycles. The summed E-state index contributed by atoms with van der Waals surface area (Å²) in [6, 6.07) is 8.65. The molecule has 0 aliphatic heterocycles. The minimum atomic E-state index is -0.678. The van der Waals surface area contributed by atoms with Crippen LogP contribution in [-0.2, 0) is 14.3 Å². The lowest BCUT2D eigenvalue weighted by Gasteiger charge is -2.05. The van der Waals surface area contributed by atoms with Crippen LogP contribution in [-0.4, -0.2) is 31.5 Å². The van der Waals surface area contributed by atoms with E-state index in [-0.39, 0.29) is 5.56 Å². The molecule has 0 bridgehead atoms. The van der Waals surface area contributed by atoms with Gasteiger partial charge in [-0.05, 0) is 23.6 Å². The number of rotatable bonds is 7. The standard InChI is InChI=1S/C17H16N2O5S/c1-23-13-5-3-2-4-11(13)6-7-15(21)24-10-14(20)19-17-12(16(18)22)8-9-25-17/h2-9H,10H2,1H3,(H2,18,22)(H,19,20)/b7-6+. The number of amides is 2. The molecule has 2 aromatic rings. The van der Waals surface area contributed by atoms with Gasteiger partial charge in [-0.3, -0.25) is 9.59 Å². The number of nitrogens with one attached hydrogen (secondary N) is 1. The number of benzene rings is 1. The van der Waals surface area contributed by atoms with Crippen molar-refractivity contribution in [1.29, 1.82) is 0 Å². The molecule has 0 radical (unpaired) electrons. The molecule has 1 aromatic carbocycles. The molecule has 0 fully saturated rings. The van der Waals surface area contributed by atoms with Crippen LogP contribution in [0.25, 0.3) is 6.08 Å². The summed E-state index contributed by atoms with van der Waals surface area (Å²) in [5, 5.41) is 4.42. The van der Waals surface area contributed by atoms with E-state index in [2.05, 4.69) is 5.32 Å². The monoisotopic (exact) mass is 360 g/mol. The Bertz CT molecular complexity index is 813. The fourth-order valence-electron chi connectivity index (χ4n) is 1.91. The Morgan fingerprint density at radius 2 is 2.00 bits per heavy atom. The van der Waals surface area contributed by atoms with Crippen molar-refractivity contribution in [3.05, 3.63) is 52.9 Å². The number of hydrogen-bond acceptors (Lipinski definition) is 6. The van der Waals surface area contributed by atoms with Crippen molar-refractivity contribution in [2.24, 2.45) is 5.73 Å². The number of thiophene rings is 1. The zero-order valence-corrected chi connectivity index (χ0v) is 14.2. The molecule has 0 atom stereocenters. The number of carbonyl (C=O) groups excluding carboxylic acids is 3. The lowest BCUT2D eigenvalue weighted by atomic mass is 10.2. The fraction of sp³-hybridized carbons (Fsp3) is 0.118. The minimum Gasteiger partial charge on any atom is -0.496 e. The SMILES string of the molecule is COc1ccccc1/C=C/C(=O)OCC(=O)Nc1sccc1C(N)=O. The number of para-hydroxylation sites is 1. The third kappa shape index (κ3) is 5.18. The molecule has 0 saturated carbocycles. The molecule has 1 aromatic heterocycles. The number of hydrogen-bond donors (Lipinski definition) is 2. The smallest absolute Gasteiger partial charge is 0.331 e. The van der Waals surface area contributed by atoms with Crippen molar-refractivity contribution in [3.8, 4) is 5.75 Å². The normalized spacial score (nSPS) is 10.4. The van der Waals surface area contributed by atoms with E-state index in [4.69, 9.17) is 15.2 Å². The molecule has 8 heteroatoms. The summed E-state index contributed by atoms with van der Waals surface area (Å²) in [5.74, 6) is -1.28. The molecule has 130 valence electrons. The number of methoxy groups -OCH3 is 1. The Hall–Kier alpha value is -3.13. The summed E-state index contributed by atoms with van der Waals surface area (Å²) in [6.07, 6.45) is 2.73. The minimum absolute atomic E-state index is 0.209. The van der Waals surface area contributed by atoms with Crippen LogP contribution < -0.4 is 15.8 Å². The van der Waals surface area contributed by atoms with Gasteiger partial charge in [-0.2, -0.15) is 0 Å². The van der Waals surface area contributed by atoms with Crippen LogP contribution in [0.15, 0.2) is 41.8 Å². The van der Waals surface area contributed by atoms with E-state index in [1.807, 2.05) is 6.07 Å². The summed E-state index contributed by atoms with van der Waals surface area (Å²) < 4.78 is 10.0. The van der Waals surface area contributed by atoms with Crippen LogP contribution >= 0.6 is 11.3 Å². The predicted molar refractivity (Wildman–Crippen MR) is 94.5 cm³/mol. The Morgan fingerprint density at radius 1 is 1.24 bits per heavy atom. The molecule has 2 rings (SSSR count). The first-order chi connectivity index (χ1) is 12.0. The summed E-state index contributed by atoms with van der Waals surface area (Å²) >= 11 is 1.15. The maximum atomic E-state index is 11.8. The first kappa shape index (κ1) is 18.2. The van der Waals surface area contributed by atoms with Gasteiger partial charge < -0.3 is 20.5 Å². The second kappa shape index (κ2) is 8.65. The molecule has 0 unspecified atom stereocenters. The van der Waals surface area contributed by atoms with Crippen LogP contribution in [0.2, 0.25) is 0 Å². The number of anilines is 1. The quantitative estimate of drug-likeness (QED) is 0.580. The number of primary amides is 1. The molecule has 2 amide bonds. The van der Waals surface area contributed by atoms with Gasteiger partial charge in [0.1, 0.15) is 10.8 Å². The van der Waals surface area contributed by atoms with Crippen LogP contribution in [0.3, 0.4) is 0 Å². The van der Waals surface area contributed by atoms with E-state index in [9.17, 15) is 14.4 Å². The molecule has 1 heterocycles. The van der Waals surface area contributed by atoms with Gasteiger partial charge in [-0.25, -0.2) is 4.79 Å². The molecule has 0 spiro atoms. The van der Waals surface area contributed by atoms with E-state index >= 15 is 0 Å². The maximum Gasteiger partial charge on any atom is 0.331 e. The average molecular weight is 360 g/mol. The van der Waals surface area contributed by atoms with Crippen molar-refractivity contribution in [2.45, 2.75) is 0 Å². The van der Waals surface area contributed by atoms with Gasteiger partial charge >= 0.3 is 5.97 Å². The number of carbonyl (C=O) groups is 3. The third-order valence-electron chi connectivity index (χ3n) is 3.07. The number of nitrogens with two attached hydrogens (primary N) is 1. The second-order valence-corrected chi connectivity index (χ2v) is 5.67. The van der Waals surface area contributed by atoms with Crippen LogP contribution in [0.4, 0.5) is 5.00 Å². The van der Waals surface area contributed by atoms with Crippen molar-refractivity contribution >= 4 is 40.2 Å². The number of ether oxygens (including phenoxy) is 2. The van der Waals surface area contributed by atoms with Crippen molar-refractivity contribution in [3.63, 3.8) is 0 Å². The highest BCUT2D eigenvalue weighted by Gasteiger charge is 2.13. The summed E-state index contributed by atoms with van der Waals surface area (Å²) in [7, 11) is 1.53. The second-order valence-electron chi connectivity index (χ2n) is 4.76. The molecule has 0 aliphatic rings. The highest BCUT2D eigenvalue weighted by Crippen LogP contribution is 2.22. The summed E-state index contributed by atoms with van der Waals surface area (Å²) in [5.41, 5.74) is 6.10. The highest BCUT2D eigenvalue weighted by molar-refractivity contribution is 7.14. The summed E-state index contributed by atoms with van der Waals surface area (Å²) in [6.45, 7) is -0.481. The van der Waals surface area contributed by atoms with E-state index in [0.717, 1.165) is 11.3 Å². The van der Waals surface area contributed by atoms with Gasteiger partial charge in [0.15, 0.2) is 6.61 Å². The lowest BCUT2D eigenvalue weighted by molar-refractivity contribution is -0.142. The third-order valence-corrected chi connectivity index (χ3v) is 3.90. The average Bonchev–Trinajstić information content (AvgIpc) is 3.06. The Morgan fingerprint density at radius 3 is 2.72 bits per heavy atom. The highest BCUT2D eigenvalue weighted by atomic mass is 32.1. The van der Waals surface area contributed by atoms with Crippen LogP contribution in [0.1, 0.15) is 15.9 Å². The lowest BCUT2D eigenvalue weighted by Crippen LogP contribution is -2.21. The Balaban J connectivity index is 1.87. The van der Waals surface area contributed by atoms with Crippen molar-refractivity contribution in [1.82, 2.24) is 0 Å². The topological polar surface area (TPSA) is 108 Å². The van der Waals surface area contributed by atoms with Crippen molar-refractivity contribution < 1.29 is 23.9 Å². The molecular weight excluding hydrogens is 344 g/mol. The maximum absolute atomic E-state index is 11.8. The van der Waals surface area contributed by atoms with Crippen LogP contribution in [0, 0.1) is 0 Å². The fourth-order valence-corrected chi connectivity index (χ4v) is 2.72. The molecular formula is C17H16N2O5S. The largest absolute Gasteiger partial charge is 0.496 e. The molecule has 0 saturated heterocycles. The van der Waals surface area contributed by atoms with E-state index in [0.29, 0.717) is 16.3 Å². The van der Waals surface area contributed by atoms with E-state index in [1.54, 1.807) is 23.6 Å². The van der Waals surface area contributed by atoms with E-state index < -0.39 is 24.4 Å². The van der Waals surface area contributed by atoms with Gasteiger partial charge in [-0.15, -0.1) is 11.3 Å². The van der Waals surface area contributed by atoms with Gasteiger partial charge in [-0.1, -0.05) is 18.2 Å². The van der Waals surface area contributed by atoms with Crippen LogP contribution in [0.5, 0.6) is 5.75 Å². The predicted octanol–water partition coefficient (Wildman–Crippen LogP) is 2.05. The first-order valence-electron chi connectivity index (χ1n) is 7.16. The van der Waals surface area contributed by atoms with Gasteiger partial charge in [0.2, 0.25) is 0 Å². The zero-order valence-electron chi connectivity index (χ0n) is 13.4. The van der Waals surface area contributed by atoms with Gasteiger partial charge in [0, 0.05) is 11.6 Å². The Kier molecular flexibility index (Phi) is 6.30. The zero-order chi connectivity index (χ0) is 18.2. The molecule has 25 heavy (non-hydrogen) atoms. The van der Waals surface area contributed by atoms with Crippen molar-refractivity contribution in [2.75, 3.05) is 19.0 Å². The van der Waals surface area contributed by atoms with Gasteiger partial charge in [0.25, 0.3) is 11.8 Å². The van der Waals surface area contributed by atoms with E-state index in [1.165, 1.54) is 25.3 Å². The molecule has 7 nitrogen and oxygen atoms in total. The number of esters is 1. The summed E-state index contributed by atoms with van der Waals surface area (Å²) in [4.78, 5) is 34.7. The first-order valence-corrected chi connectivity index (χ1v) is 8.04.